The minimum Gasteiger partial charge on any atom is -0.389 e. The molecule has 17 heavy (non-hydrogen) atoms. The predicted molar refractivity (Wildman–Crippen MR) is 68.2 cm³/mol. The molecule has 2 unspecified atom stereocenters. The molecule has 1 rings (SSSR count). The van der Waals surface area contributed by atoms with Crippen LogP contribution in [0, 0.1) is 0 Å². The first-order valence-electron chi connectivity index (χ1n) is 6.73. The van der Waals surface area contributed by atoms with Crippen molar-refractivity contribution in [2.75, 3.05) is 40.0 Å². The quantitative estimate of drug-likeness (QED) is 0.686. The molecule has 102 valence electrons. The van der Waals surface area contributed by atoms with E-state index in [1.54, 1.807) is 7.11 Å². The summed E-state index contributed by atoms with van der Waals surface area (Å²) < 4.78 is 10.2. The molecule has 1 fully saturated rings. The van der Waals surface area contributed by atoms with E-state index in [4.69, 9.17) is 9.47 Å². The highest BCUT2D eigenvalue weighted by atomic mass is 16.5. The third kappa shape index (κ3) is 6.36. The standard InChI is InChI=1S/C13H27NO3/c1-12-6-4-3-5-7-14(12)10-13(15)11-17-9-8-16-2/h12-13,15H,3-11H2,1-2H3. The van der Waals surface area contributed by atoms with E-state index in [0.717, 1.165) is 13.1 Å². The highest BCUT2D eigenvalue weighted by molar-refractivity contribution is 4.74. The van der Waals surface area contributed by atoms with Crippen LogP contribution in [0.2, 0.25) is 0 Å². The molecule has 2 atom stereocenters. The molecule has 1 heterocycles. The number of likely N-dealkylation sites (tertiary alicyclic amines) is 1. The van der Waals surface area contributed by atoms with E-state index < -0.39 is 0 Å². The Morgan fingerprint density at radius 3 is 2.88 bits per heavy atom. The molecule has 0 aliphatic carbocycles. The molecule has 1 saturated heterocycles. The minimum absolute atomic E-state index is 0.382. The second-order valence-corrected chi connectivity index (χ2v) is 4.91. The van der Waals surface area contributed by atoms with E-state index in [1.807, 2.05) is 0 Å². The lowest BCUT2D eigenvalue weighted by molar-refractivity contribution is -0.00498. The summed E-state index contributed by atoms with van der Waals surface area (Å²) in [7, 11) is 1.65. The smallest absolute Gasteiger partial charge is 0.0900 e. The average molecular weight is 245 g/mol. The Labute approximate surface area is 105 Å². The summed E-state index contributed by atoms with van der Waals surface area (Å²) in [6.45, 7) is 5.65. The van der Waals surface area contributed by atoms with Gasteiger partial charge in [0, 0.05) is 19.7 Å². The fourth-order valence-electron chi connectivity index (χ4n) is 2.29. The second-order valence-electron chi connectivity index (χ2n) is 4.91. The van der Waals surface area contributed by atoms with Gasteiger partial charge in [0.05, 0.1) is 25.9 Å². The van der Waals surface area contributed by atoms with Gasteiger partial charge < -0.3 is 14.6 Å². The van der Waals surface area contributed by atoms with Crippen molar-refractivity contribution in [1.29, 1.82) is 0 Å². The summed E-state index contributed by atoms with van der Waals surface area (Å²) in [5, 5.41) is 9.90. The third-order valence-electron chi connectivity index (χ3n) is 3.38. The summed E-state index contributed by atoms with van der Waals surface area (Å²) in [4.78, 5) is 2.39. The Balaban J connectivity index is 2.16. The van der Waals surface area contributed by atoms with Gasteiger partial charge in [-0.1, -0.05) is 12.8 Å². The van der Waals surface area contributed by atoms with E-state index >= 15 is 0 Å². The molecule has 0 aromatic carbocycles. The SMILES string of the molecule is COCCOCC(O)CN1CCCCCC1C. The van der Waals surface area contributed by atoms with Gasteiger partial charge in [0.1, 0.15) is 0 Å². The van der Waals surface area contributed by atoms with Gasteiger partial charge in [-0.05, 0) is 26.3 Å². The number of hydrogen-bond donors (Lipinski definition) is 1. The number of nitrogens with zero attached hydrogens (tertiary/aromatic N) is 1. The maximum absolute atomic E-state index is 9.90. The van der Waals surface area contributed by atoms with Crippen molar-refractivity contribution >= 4 is 0 Å². The maximum atomic E-state index is 9.90. The van der Waals surface area contributed by atoms with E-state index in [2.05, 4.69) is 11.8 Å². The fraction of sp³-hybridized carbons (Fsp3) is 1.00. The zero-order chi connectivity index (χ0) is 12.5. The molecule has 0 bridgehead atoms. The molecule has 0 aromatic heterocycles. The highest BCUT2D eigenvalue weighted by Gasteiger charge is 2.19. The molecular formula is C13H27NO3. The average Bonchev–Trinajstić information content (AvgIpc) is 2.51. The highest BCUT2D eigenvalue weighted by Crippen LogP contribution is 2.16. The summed E-state index contributed by atoms with van der Waals surface area (Å²) in [6.07, 6.45) is 4.76. The van der Waals surface area contributed by atoms with Crippen LogP contribution in [0.3, 0.4) is 0 Å². The van der Waals surface area contributed by atoms with Gasteiger partial charge in [-0.2, -0.15) is 0 Å². The maximum Gasteiger partial charge on any atom is 0.0900 e. The molecule has 1 aliphatic rings. The number of rotatable bonds is 7. The lowest BCUT2D eigenvalue weighted by atomic mass is 10.1. The van der Waals surface area contributed by atoms with Gasteiger partial charge in [0.15, 0.2) is 0 Å². The fourth-order valence-corrected chi connectivity index (χ4v) is 2.29. The van der Waals surface area contributed by atoms with Crippen molar-refractivity contribution in [2.45, 2.75) is 44.8 Å². The number of ether oxygens (including phenoxy) is 2. The first kappa shape index (κ1) is 14.9. The lowest BCUT2D eigenvalue weighted by Crippen LogP contribution is -2.40. The van der Waals surface area contributed by atoms with Crippen LogP contribution in [0.1, 0.15) is 32.6 Å². The topological polar surface area (TPSA) is 41.9 Å². The van der Waals surface area contributed by atoms with Gasteiger partial charge >= 0.3 is 0 Å². The monoisotopic (exact) mass is 245 g/mol. The molecule has 4 nitrogen and oxygen atoms in total. The van der Waals surface area contributed by atoms with Crippen molar-refractivity contribution in [1.82, 2.24) is 4.90 Å². The van der Waals surface area contributed by atoms with Crippen molar-refractivity contribution < 1.29 is 14.6 Å². The first-order chi connectivity index (χ1) is 8.24. The van der Waals surface area contributed by atoms with E-state index in [1.165, 1.54) is 25.7 Å². The van der Waals surface area contributed by atoms with Crippen molar-refractivity contribution in [3.8, 4) is 0 Å². The Bertz CT molecular complexity index is 190. The van der Waals surface area contributed by atoms with Crippen molar-refractivity contribution in [2.24, 2.45) is 0 Å². The van der Waals surface area contributed by atoms with Crippen LogP contribution in [0.25, 0.3) is 0 Å². The Morgan fingerprint density at radius 2 is 2.12 bits per heavy atom. The molecule has 1 aliphatic heterocycles. The zero-order valence-corrected chi connectivity index (χ0v) is 11.2. The Hall–Kier alpha value is -0.160. The summed E-state index contributed by atoms with van der Waals surface area (Å²) in [5.74, 6) is 0. The number of aliphatic hydroxyl groups is 1. The van der Waals surface area contributed by atoms with Crippen LogP contribution < -0.4 is 0 Å². The molecule has 0 saturated carbocycles. The van der Waals surface area contributed by atoms with Crippen LogP contribution in [0.5, 0.6) is 0 Å². The van der Waals surface area contributed by atoms with Crippen molar-refractivity contribution in [3.05, 3.63) is 0 Å². The van der Waals surface area contributed by atoms with Crippen LogP contribution in [-0.4, -0.2) is 62.2 Å². The number of β-amino-alcohol motifs (C(OH)–C–C–N with tert-alkyl or cyclic N) is 1. The molecule has 1 N–H and O–H groups in total. The molecule has 0 spiro atoms. The molecular weight excluding hydrogens is 218 g/mol. The first-order valence-corrected chi connectivity index (χ1v) is 6.73. The van der Waals surface area contributed by atoms with E-state index in [-0.39, 0.29) is 6.10 Å². The zero-order valence-electron chi connectivity index (χ0n) is 11.2. The minimum atomic E-state index is -0.382. The lowest BCUT2D eigenvalue weighted by Gasteiger charge is -2.28. The van der Waals surface area contributed by atoms with Gasteiger partial charge in [-0.15, -0.1) is 0 Å². The predicted octanol–water partition coefficient (Wildman–Crippen LogP) is 1.27. The molecule has 4 heteroatoms. The molecule has 0 amide bonds. The Kier molecular flexibility index (Phi) is 7.77. The van der Waals surface area contributed by atoms with E-state index in [0.29, 0.717) is 25.9 Å². The summed E-state index contributed by atoms with van der Waals surface area (Å²) >= 11 is 0. The van der Waals surface area contributed by atoms with Crippen molar-refractivity contribution in [3.63, 3.8) is 0 Å². The van der Waals surface area contributed by atoms with Gasteiger partial charge in [-0.3, -0.25) is 4.90 Å². The number of hydrogen-bond acceptors (Lipinski definition) is 4. The molecule has 0 aromatic rings. The van der Waals surface area contributed by atoms with Crippen LogP contribution in [0.15, 0.2) is 0 Å². The van der Waals surface area contributed by atoms with Crippen LogP contribution >= 0.6 is 0 Å². The summed E-state index contributed by atoms with van der Waals surface area (Å²) in [6, 6.07) is 0.589. The molecule has 0 radical (unpaired) electrons. The number of aliphatic hydroxyl groups excluding tert-OH is 1. The van der Waals surface area contributed by atoms with Gasteiger partial charge in [0.25, 0.3) is 0 Å². The van der Waals surface area contributed by atoms with Crippen LogP contribution in [-0.2, 0) is 9.47 Å². The second kappa shape index (κ2) is 8.86. The largest absolute Gasteiger partial charge is 0.389 e. The normalized spacial score (nSPS) is 24.5. The Morgan fingerprint density at radius 1 is 1.29 bits per heavy atom. The van der Waals surface area contributed by atoms with Gasteiger partial charge in [-0.25, -0.2) is 0 Å². The summed E-state index contributed by atoms with van der Waals surface area (Å²) in [5.41, 5.74) is 0. The van der Waals surface area contributed by atoms with Gasteiger partial charge in [0.2, 0.25) is 0 Å². The number of methoxy groups -OCH3 is 1. The van der Waals surface area contributed by atoms with E-state index in [9.17, 15) is 5.11 Å². The van der Waals surface area contributed by atoms with Crippen LogP contribution in [0.4, 0.5) is 0 Å². The third-order valence-corrected chi connectivity index (χ3v) is 3.38.